The van der Waals surface area contributed by atoms with Gasteiger partial charge in [0.15, 0.2) is 11.7 Å². The molecular formula is C20H23FN2O4. The summed E-state index contributed by atoms with van der Waals surface area (Å²) in [4.78, 5) is 27.8. The zero-order valence-corrected chi connectivity index (χ0v) is 15.0. The van der Waals surface area contributed by atoms with Gasteiger partial charge in [0.25, 0.3) is 0 Å². The van der Waals surface area contributed by atoms with Gasteiger partial charge in [-0.3, -0.25) is 9.59 Å². The number of aryl methyl sites for hydroxylation is 1. The molecule has 144 valence electrons. The van der Waals surface area contributed by atoms with Crippen LogP contribution in [0.15, 0.2) is 34.9 Å². The van der Waals surface area contributed by atoms with Crippen molar-refractivity contribution in [2.24, 2.45) is 5.41 Å². The summed E-state index contributed by atoms with van der Waals surface area (Å²) >= 11 is 0. The van der Waals surface area contributed by atoms with E-state index in [0.29, 0.717) is 30.1 Å². The van der Waals surface area contributed by atoms with Crippen molar-refractivity contribution in [3.8, 4) is 11.3 Å². The van der Waals surface area contributed by atoms with E-state index in [-0.39, 0.29) is 25.3 Å². The van der Waals surface area contributed by atoms with E-state index in [1.165, 1.54) is 12.3 Å². The lowest BCUT2D eigenvalue weighted by molar-refractivity contribution is -0.151. The van der Waals surface area contributed by atoms with Gasteiger partial charge in [0.2, 0.25) is 5.91 Å². The van der Waals surface area contributed by atoms with Crippen LogP contribution in [0.5, 0.6) is 0 Å². The van der Waals surface area contributed by atoms with Crippen molar-refractivity contribution in [1.82, 2.24) is 10.3 Å². The number of nitrogens with zero attached hydrogens (tertiary/aromatic N) is 1. The highest BCUT2D eigenvalue weighted by Gasteiger charge is 2.39. The predicted molar refractivity (Wildman–Crippen MR) is 96.4 cm³/mol. The van der Waals surface area contributed by atoms with Gasteiger partial charge in [-0.05, 0) is 25.0 Å². The van der Waals surface area contributed by atoms with Crippen molar-refractivity contribution < 1.29 is 23.5 Å². The highest BCUT2D eigenvalue weighted by molar-refractivity contribution is 5.79. The molecule has 1 heterocycles. The van der Waals surface area contributed by atoms with Crippen molar-refractivity contribution in [3.05, 3.63) is 42.2 Å². The van der Waals surface area contributed by atoms with Gasteiger partial charge in [-0.1, -0.05) is 31.4 Å². The maximum Gasteiger partial charge on any atom is 0.311 e. The summed E-state index contributed by atoms with van der Waals surface area (Å²) in [6, 6.07) is 6.24. The van der Waals surface area contributed by atoms with Gasteiger partial charge < -0.3 is 14.8 Å². The fourth-order valence-corrected chi connectivity index (χ4v) is 3.48. The highest BCUT2D eigenvalue weighted by atomic mass is 19.1. The number of benzene rings is 1. The molecule has 0 aliphatic heterocycles. The van der Waals surface area contributed by atoms with Crippen LogP contribution in [-0.2, 0) is 16.0 Å². The monoisotopic (exact) mass is 374 g/mol. The Labute approximate surface area is 156 Å². The fraction of sp³-hybridized carbons (Fsp3) is 0.450. The SMILES string of the molecule is O=C(CCc1ncc(-c2ccccc2F)o1)NCC1(C(=O)O)CCCCC1. The molecule has 1 aromatic heterocycles. The average Bonchev–Trinajstić information content (AvgIpc) is 3.14. The second-order valence-corrected chi connectivity index (χ2v) is 7.02. The summed E-state index contributed by atoms with van der Waals surface area (Å²) in [5, 5.41) is 12.3. The summed E-state index contributed by atoms with van der Waals surface area (Å²) in [6.07, 6.45) is 5.80. The van der Waals surface area contributed by atoms with E-state index in [0.717, 1.165) is 19.3 Å². The minimum atomic E-state index is -0.852. The largest absolute Gasteiger partial charge is 0.481 e. The number of aromatic nitrogens is 1. The third-order valence-corrected chi connectivity index (χ3v) is 5.15. The molecule has 2 N–H and O–H groups in total. The number of carbonyl (C=O) groups excluding carboxylic acids is 1. The normalized spacial score (nSPS) is 16.0. The zero-order chi connectivity index (χ0) is 19.3. The second-order valence-electron chi connectivity index (χ2n) is 7.02. The van der Waals surface area contributed by atoms with Crippen molar-refractivity contribution in [2.45, 2.75) is 44.9 Å². The van der Waals surface area contributed by atoms with Crippen LogP contribution in [0.3, 0.4) is 0 Å². The molecule has 1 aromatic carbocycles. The van der Waals surface area contributed by atoms with Gasteiger partial charge in [-0.15, -0.1) is 0 Å². The number of carboxylic acid groups (broad SMARTS) is 1. The Morgan fingerprint density at radius 3 is 2.67 bits per heavy atom. The number of nitrogens with one attached hydrogen (secondary N) is 1. The minimum Gasteiger partial charge on any atom is -0.481 e. The van der Waals surface area contributed by atoms with E-state index < -0.39 is 17.2 Å². The number of aliphatic carboxylic acids is 1. The van der Waals surface area contributed by atoms with Crippen LogP contribution in [0, 0.1) is 11.2 Å². The van der Waals surface area contributed by atoms with Crippen molar-refractivity contribution in [2.75, 3.05) is 6.54 Å². The Hall–Kier alpha value is -2.70. The molecule has 1 fully saturated rings. The van der Waals surface area contributed by atoms with Gasteiger partial charge >= 0.3 is 5.97 Å². The quantitative estimate of drug-likeness (QED) is 0.773. The van der Waals surface area contributed by atoms with Gasteiger partial charge in [0.1, 0.15) is 5.82 Å². The standard InChI is InChI=1S/C20H23FN2O4/c21-15-7-3-2-6-14(15)16-12-22-18(27-16)9-8-17(24)23-13-20(19(25)26)10-4-1-5-11-20/h2-3,6-7,12H,1,4-5,8-11,13H2,(H,23,24)(H,25,26). The number of oxazole rings is 1. The molecule has 0 atom stereocenters. The summed E-state index contributed by atoms with van der Waals surface area (Å²) in [5.74, 6) is -0.828. The lowest BCUT2D eigenvalue weighted by Crippen LogP contribution is -2.44. The van der Waals surface area contributed by atoms with Crippen LogP contribution in [0.25, 0.3) is 11.3 Å². The first kappa shape index (κ1) is 19.1. The smallest absolute Gasteiger partial charge is 0.311 e. The lowest BCUT2D eigenvalue weighted by Gasteiger charge is -2.33. The second kappa shape index (κ2) is 8.33. The van der Waals surface area contributed by atoms with Gasteiger partial charge in [-0.25, -0.2) is 9.37 Å². The number of halogens is 1. The molecule has 0 spiro atoms. The Kier molecular flexibility index (Phi) is 5.88. The van der Waals surface area contributed by atoms with Crippen LogP contribution in [-0.4, -0.2) is 28.5 Å². The van der Waals surface area contributed by atoms with Crippen LogP contribution in [0.4, 0.5) is 4.39 Å². The molecule has 3 rings (SSSR count). The molecule has 1 aliphatic rings. The van der Waals surface area contributed by atoms with Gasteiger partial charge in [0.05, 0.1) is 17.2 Å². The van der Waals surface area contributed by atoms with Crippen LogP contribution >= 0.6 is 0 Å². The number of hydrogen-bond acceptors (Lipinski definition) is 4. The Morgan fingerprint density at radius 1 is 1.22 bits per heavy atom. The van der Waals surface area contributed by atoms with Gasteiger partial charge in [-0.2, -0.15) is 0 Å². The maximum absolute atomic E-state index is 13.8. The number of carboxylic acids is 1. The topological polar surface area (TPSA) is 92.4 Å². The molecule has 6 nitrogen and oxygen atoms in total. The molecule has 1 amide bonds. The summed E-state index contributed by atoms with van der Waals surface area (Å²) in [6.45, 7) is 0.146. The van der Waals surface area contributed by atoms with E-state index in [4.69, 9.17) is 4.42 Å². The highest BCUT2D eigenvalue weighted by Crippen LogP contribution is 2.36. The van der Waals surface area contributed by atoms with E-state index in [1.54, 1.807) is 18.2 Å². The number of rotatable bonds is 7. The number of hydrogen-bond donors (Lipinski definition) is 2. The number of amides is 1. The molecule has 2 aromatic rings. The Bertz CT molecular complexity index is 812. The lowest BCUT2D eigenvalue weighted by atomic mass is 9.74. The van der Waals surface area contributed by atoms with Crippen molar-refractivity contribution in [3.63, 3.8) is 0 Å². The summed E-state index contributed by atoms with van der Waals surface area (Å²) < 4.78 is 19.3. The third-order valence-electron chi connectivity index (χ3n) is 5.15. The summed E-state index contributed by atoms with van der Waals surface area (Å²) in [5.41, 5.74) is -0.532. The molecule has 1 saturated carbocycles. The molecule has 27 heavy (non-hydrogen) atoms. The maximum atomic E-state index is 13.8. The minimum absolute atomic E-state index is 0.132. The first-order chi connectivity index (χ1) is 13.0. The van der Waals surface area contributed by atoms with Crippen molar-refractivity contribution in [1.29, 1.82) is 0 Å². The van der Waals surface area contributed by atoms with Crippen LogP contribution < -0.4 is 5.32 Å². The average molecular weight is 374 g/mol. The fourth-order valence-electron chi connectivity index (χ4n) is 3.48. The van der Waals surface area contributed by atoms with Crippen LogP contribution in [0.1, 0.15) is 44.4 Å². The van der Waals surface area contributed by atoms with E-state index in [9.17, 15) is 19.1 Å². The van der Waals surface area contributed by atoms with Crippen LogP contribution in [0.2, 0.25) is 0 Å². The first-order valence-corrected chi connectivity index (χ1v) is 9.20. The third kappa shape index (κ3) is 4.53. The number of carbonyl (C=O) groups is 2. The van der Waals surface area contributed by atoms with E-state index >= 15 is 0 Å². The molecule has 0 unspecified atom stereocenters. The Morgan fingerprint density at radius 2 is 1.96 bits per heavy atom. The molecule has 0 radical (unpaired) electrons. The summed E-state index contributed by atoms with van der Waals surface area (Å²) in [7, 11) is 0. The molecule has 7 heteroatoms. The molecular weight excluding hydrogens is 351 g/mol. The van der Waals surface area contributed by atoms with E-state index in [1.807, 2.05) is 0 Å². The van der Waals surface area contributed by atoms with E-state index in [2.05, 4.69) is 10.3 Å². The Balaban J connectivity index is 1.52. The molecule has 1 aliphatic carbocycles. The van der Waals surface area contributed by atoms with Gasteiger partial charge in [0, 0.05) is 19.4 Å². The molecule has 0 saturated heterocycles. The predicted octanol–water partition coefficient (Wildman–Crippen LogP) is 3.56. The van der Waals surface area contributed by atoms with Crippen molar-refractivity contribution >= 4 is 11.9 Å². The zero-order valence-electron chi connectivity index (χ0n) is 15.0. The molecule has 0 bridgehead atoms. The first-order valence-electron chi connectivity index (χ1n) is 9.20.